The molecule has 0 saturated carbocycles. The van der Waals surface area contributed by atoms with Crippen molar-refractivity contribution >= 4 is 11.8 Å². The van der Waals surface area contributed by atoms with Gasteiger partial charge in [0.2, 0.25) is 0 Å². The van der Waals surface area contributed by atoms with E-state index >= 15 is 0 Å². The average Bonchev–Trinajstić information content (AvgIpc) is 1.93. The fraction of sp³-hybridized carbons (Fsp3) is 0. The van der Waals surface area contributed by atoms with Gasteiger partial charge in [0.1, 0.15) is 0 Å². The van der Waals surface area contributed by atoms with E-state index in [1.54, 1.807) is 24.3 Å². The highest BCUT2D eigenvalue weighted by molar-refractivity contribution is 5.84. The maximum atomic E-state index is 10.2. The van der Waals surface area contributed by atoms with E-state index in [2.05, 4.69) is 12.2 Å². The lowest BCUT2D eigenvalue weighted by Gasteiger charge is -2.02. The van der Waals surface area contributed by atoms with Crippen LogP contribution in [0.5, 0.6) is 0 Å². The highest BCUT2D eigenvalue weighted by Gasteiger charge is 1.98. The van der Waals surface area contributed by atoms with Gasteiger partial charge in [0.15, 0.2) is 0 Å². The number of carboxylic acid groups (broad SMARTS) is 1. The Labute approximate surface area is 64.7 Å². The van der Waals surface area contributed by atoms with Crippen molar-refractivity contribution in [2.75, 3.05) is 5.32 Å². The first-order valence-corrected chi connectivity index (χ1v) is 3.11. The van der Waals surface area contributed by atoms with Crippen LogP contribution in [0.2, 0.25) is 0 Å². The van der Waals surface area contributed by atoms with E-state index in [-0.39, 0.29) is 0 Å². The number of hydrogen-bond acceptors (Lipinski definition) is 1. The molecular formula is C8H8NO2. The average molecular weight is 150 g/mol. The van der Waals surface area contributed by atoms with Gasteiger partial charge < -0.3 is 5.11 Å². The lowest BCUT2D eigenvalue weighted by molar-refractivity contribution is 0.209. The second-order valence-corrected chi connectivity index (χ2v) is 2.09. The summed E-state index contributed by atoms with van der Waals surface area (Å²) in [5.41, 5.74) is 1.20. The normalized spacial score (nSPS) is 9.18. The molecule has 0 aromatic heterocycles. The van der Waals surface area contributed by atoms with Gasteiger partial charge >= 0.3 is 6.09 Å². The molecule has 0 bridgehead atoms. The first-order chi connectivity index (χ1) is 5.20. The third-order valence-corrected chi connectivity index (χ3v) is 1.26. The van der Waals surface area contributed by atoms with E-state index in [1.165, 1.54) is 0 Å². The van der Waals surface area contributed by atoms with Gasteiger partial charge in [0, 0.05) is 5.69 Å². The second-order valence-electron chi connectivity index (χ2n) is 2.09. The maximum Gasteiger partial charge on any atom is 0.409 e. The SMILES string of the molecule is [CH2]c1ccccc1NC(=O)O. The van der Waals surface area contributed by atoms with Gasteiger partial charge in [0.05, 0.1) is 0 Å². The van der Waals surface area contributed by atoms with Crippen molar-refractivity contribution in [3.05, 3.63) is 36.8 Å². The minimum absolute atomic E-state index is 0.528. The number of hydrogen-bond donors (Lipinski definition) is 2. The molecular weight excluding hydrogens is 142 g/mol. The van der Waals surface area contributed by atoms with Crippen molar-refractivity contribution in [2.24, 2.45) is 0 Å². The fourth-order valence-electron chi connectivity index (χ4n) is 0.757. The van der Waals surface area contributed by atoms with Crippen LogP contribution >= 0.6 is 0 Å². The lowest BCUT2D eigenvalue weighted by Crippen LogP contribution is -2.07. The number of amides is 1. The largest absolute Gasteiger partial charge is 0.465 e. The van der Waals surface area contributed by atoms with Crippen molar-refractivity contribution in [2.45, 2.75) is 0 Å². The summed E-state index contributed by atoms with van der Waals surface area (Å²) < 4.78 is 0. The van der Waals surface area contributed by atoms with E-state index in [0.717, 1.165) is 0 Å². The van der Waals surface area contributed by atoms with E-state index in [4.69, 9.17) is 5.11 Å². The maximum absolute atomic E-state index is 10.2. The summed E-state index contributed by atoms with van der Waals surface area (Å²) in [6.07, 6.45) is -1.07. The molecule has 0 aliphatic rings. The molecule has 3 heteroatoms. The Bertz CT molecular complexity index is 271. The molecule has 0 aliphatic carbocycles. The standard InChI is InChI=1S/C8H8NO2/c1-6-4-2-3-5-7(6)9-8(10)11/h2-5,9H,1H2,(H,10,11). The Hall–Kier alpha value is -1.51. The zero-order chi connectivity index (χ0) is 8.27. The topological polar surface area (TPSA) is 49.3 Å². The van der Waals surface area contributed by atoms with Crippen LogP contribution in [-0.2, 0) is 0 Å². The van der Waals surface area contributed by atoms with E-state index in [9.17, 15) is 4.79 Å². The molecule has 0 unspecified atom stereocenters. The molecule has 1 radical (unpaired) electrons. The highest BCUT2D eigenvalue weighted by atomic mass is 16.4. The number of anilines is 1. The number of rotatable bonds is 1. The Morgan fingerprint density at radius 2 is 2.09 bits per heavy atom. The van der Waals surface area contributed by atoms with Crippen molar-refractivity contribution < 1.29 is 9.90 Å². The van der Waals surface area contributed by atoms with E-state index in [1.807, 2.05) is 0 Å². The Morgan fingerprint density at radius 1 is 1.45 bits per heavy atom. The number of nitrogens with one attached hydrogen (secondary N) is 1. The summed E-state index contributed by atoms with van der Waals surface area (Å²) in [6, 6.07) is 6.96. The van der Waals surface area contributed by atoms with Gasteiger partial charge in [-0.05, 0) is 18.6 Å². The molecule has 57 valence electrons. The van der Waals surface area contributed by atoms with Crippen LogP contribution in [0.15, 0.2) is 24.3 Å². The number of benzene rings is 1. The predicted molar refractivity (Wildman–Crippen MR) is 42.5 cm³/mol. The van der Waals surface area contributed by atoms with Crippen LogP contribution in [0.3, 0.4) is 0 Å². The molecule has 3 nitrogen and oxygen atoms in total. The number of para-hydroxylation sites is 1. The summed E-state index contributed by atoms with van der Waals surface area (Å²) in [7, 11) is 0. The molecule has 2 N–H and O–H groups in total. The first-order valence-electron chi connectivity index (χ1n) is 3.11. The van der Waals surface area contributed by atoms with E-state index < -0.39 is 6.09 Å². The van der Waals surface area contributed by atoms with Crippen LogP contribution in [0.1, 0.15) is 5.56 Å². The fourth-order valence-corrected chi connectivity index (χ4v) is 0.757. The minimum Gasteiger partial charge on any atom is -0.465 e. The number of carbonyl (C=O) groups is 1. The van der Waals surface area contributed by atoms with Gasteiger partial charge in [-0.3, -0.25) is 5.32 Å². The minimum atomic E-state index is -1.07. The smallest absolute Gasteiger partial charge is 0.409 e. The summed E-state index contributed by atoms with van der Waals surface area (Å²) in [5.74, 6) is 0. The summed E-state index contributed by atoms with van der Waals surface area (Å²) in [5, 5.41) is 10.6. The zero-order valence-corrected chi connectivity index (χ0v) is 5.87. The third-order valence-electron chi connectivity index (χ3n) is 1.26. The van der Waals surface area contributed by atoms with Crippen molar-refractivity contribution in [1.29, 1.82) is 0 Å². The molecule has 1 aromatic carbocycles. The summed E-state index contributed by atoms with van der Waals surface area (Å²) in [4.78, 5) is 10.2. The lowest BCUT2D eigenvalue weighted by atomic mass is 10.2. The van der Waals surface area contributed by atoms with Crippen molar-refractivity contribution in [3.63, 3.8) is 0 Å². The van der Waals surface area contributed by atoms with Crippen LogP contribution in [0, 0.1) is 6.92 Å². The highest BCUT2D eigenvalue weighted by Crippen LogP contribution is 2.12. The molecule has 11 heavy (non-hydrogen) atoms. The zero-order valence-electron chi connectivity index (χ0n) is 5.87. The van der Waals surface area contributed by atoms with Gasteiger partial charge in [-0.2, -0.15) is 0 Å². The second kappa shape index (κ2) is 3.05. The van der Waals surface area contributed by atoms with Crippen LogP contribution in [0.4, 0.5) is 10.5 Å². The quantitative estimate of drug-likeness (QED) is 0.642. The van der Waals surface area contributed by atoms with Gasteiger partial charge in [-0.25, -0.2) is 4.79 Å². The van der Waals surface area contributed by atoms with Gasteiger partial charge in [-0.1, -0.05) is 18.2 Å². The summed E-state index contributed by atoms with van der Waals surface area (Å²) >= 11 is 0. The molecule has 1 rings (SSSR count). The Kier molecular flexibility index (Phi) is 2.11. The molecule has 0 fully saturated rings. The molecule has 0 atom stereocenters. The van der Waals surface area contributed by atoms with Gasteiger partial charge in [-0.15, -0.1) is 0 Å². The van der Waals surface area contributed by atoms with Crippen molar-refractivity contribution in [1.82, 2.24) is 0 Å². The van der Waals surface area contributed by atoms with Crippen molar-refractivity contribution in [3.8, 4) is 0 Å². The molecule has 0 aliphatic heterocycles. The molecule has 0 spiro atoms. The molecule has 1 amide bonds. The monoisotopic (exact) mass is 150 g/mol. The molecule has 0 heterocycles. The van der Waals surface area contributed by atoms with Gasteiger partial charge in [0.25, 0.3) is 0 Å². The van der Waals surface area contributed by atoms with Crippen LogP contribution in [-0.4, -0.2) is 11.2 Å². The molecule has 1 aromatic rings. The predicted octanol–water partition coefficient (Wildman–Crippen LogP) is 1.96. The summed E-state index contributed by atoms with van der Waals surface area (Å²) in [6.45, 7) is 3.65. The third kappa shape index (κ3) is 1.97. The van der Waals surface area contributed by atoms with Crippen LogP contribution in [0.25, 0.3) is 0 Å². The van der Waals surface area contributed by atoms with E-state index in [0.29, 0.717) is 11.3 Å². The first kappa shape index (κ1) is 7.60. The molecule has 0 saturated heterocycles. The Balaban J connectivity index is 2.86. The Morgan fingerprint density at radius 3 is 2.64 bits per heavy atom. The van der Waals surface area contributed by atoms with Crippen LogP contribution < -0.4 is 5.32 Å².